The molecule has 0 aromatic heterocycles. The number of aliphatic hydroxyl groups excluding tert-OH is 1. The van der Waals surface area contributed by atoms with E-state index < -0.39 is 6.10 Å². The first-order valence-electron chi connectivity index (χ1n) is 6.32. The van der Waals surface area contributed by atoms with Crippen LogP contribution in [-0.4, -0.2) is 38.6 Å². The van der Waals surface area contributed by atoms with Crippen LogP contribution < -0.4 is 4.74 Å². The zero-order valence-electron chi connectivity index (χ0n) is 11.4. The van der Waals surface area contributed by atoms with Gasteiger partial charge in [-0.3, -0.25) is 0 Å². The van der Waals surface area contributed by atoms with E-state index in [1.54, 1.807) is 14.0 Å². The minimum absolute atomic E-state index is 0.379. The third-order valence-corrected chi connectivity index (χ3v) is 2.55. The molecule has 0 fully saturated rings. The highest BCUT2D eigenvalue weighted by Gasteiger charge is 2.10. The SMILES string of the molecule is COCCOCCCOc1cc(F)ccc1C(C)O. The van der Waals surface area contributed by atoms with Gasteiger partial charge in [0.2, 0.25) is 0 Å². The normalized spacial score (nSPS) is 12.4. The molecule has 0 spiro atoms. The topological polar surface area (TPSA) is 47.9 Å². The average molecular weight is 272 g/mol. The van der Waals surface area contributed by atoms with E-state index in [1.807, 2.05) is 0 Å². The molecular formula is C14H21FO4. The molecule has 1 unspecified atom stereocenters. The van der Waals surface area contributed by atoms with Gasteiger partial charge in [0.15, 0.2) is 0 Å². The lowest BCUT2D eigenvalue weighted by Gasteiger charge is -2.13. The number of hydrogen-bond donors (Lipinski definition) is 1. The molecule has 0 aliphatic heterocycles. The van der Waals surface area contributed by atoms with Gasteiger partial charge in [0.25, 0.3) is 0 Å². The van der Waals surface area contributed by atoms with Gasteiger partial charge in [-0.25, -0.2) is 4.39 Å². The lowest BCUT2D eigenvalue weighted by molar-refractivity contribution is 0.0642. The highest BCUT2D eigenvalue weighted by atomic mass is 19.1. The molecule has 0 aliphatic carbocycles. The van der Waals surface area contributed by atoms with Crippen LogP contribution in [0.1, 0.15) is 25.0 Å². The Labute approximate surface area is 113 Å². The molecule has 0 bridgehead atoms. The lowest BCUT2D eigenvalue weighted by atomic mass is 10.1. The standard InChI is InChI=1S/C14H21FO4/c1-11(16)13-5-4-12(15)10-14(13)19-7-3-6-18-9-8-17-2/h4-5,10-11,16H,3,6-9H2,1-2H3. The van der Waals surface area contributed by atoms with Gasteiger partial charge in [0.05, 0.1) is 25.9 Å². The molecule has 4 nitrogen and oxygen atoms in total. The van der Waals surface area contributed by atoms with Gasteiger partial charge in [-0.2, -0.15) is 0 Å². The van der Waals surface area contributed by atoms with Crippen molar-refractivity contribution >= 4 is 0 Å². The summed E-state index contributed by atoms with van der Waals surface area (Å²) in [6.45, 7) is 3.71. The molecular weight excluding hydrogens is 251 g/mol. The van der Waals surface area contributed by atoms with Crippen LogP contribution in [0.3, 0.4) is 0 Å². The minimum atomic E-state index is -0.687. The molecule has 0 amide bonds. The molecule has 1 aromatic carbocycles. The van der Waals surface area contributed by atoms with E-state index >= 15 is 0 Å². The summed E-state index contributed by atoms with van der Waals surface area (Å²) in [5.41, 5.74) is 0.585. The maximum absolute atomic E-state index is 13.1. The summed E-state index contributed by atoms with van der Waals surface area (Å²) >= 11 is 0. The summed E-state index contributed by atoms with van der Waals surface area (Å²) in [7, 11) is 1.62. The molecule has 0 heterocycles. The van der Waals surface area contributed by atoms with Crippen LogP contribution in [0.2, 0.25) is 0 Å². The quantitative estimate of drug-likeness (QED) is 0.701. The number of benzene rings is 1. The molecule has 1 atom stereocenters. The largest absolute Gasteiger partial charge is 0.493 e. The number of hydrogen-bond acceptors (Lipinski definition) is 4. The van der Waals surface area contributed by atoms with E-state index in [-0.39, 0.29) is 5.82 Å². The van der Waals surface area contributed by atoms with Crippen molar-refractivity contribution in [3.63, 3.8) is 0 Å². The van der Waals surface area contributed by atoms with Crippen LogP contribution in [0, 0.1) is 5.82 Å². The molecule has 108 valence electrons. The number of methoxy groups -OCH3 is 1. The van der Waals surface area contributed by atoms with Gasteiger partial charge < -0.3 is 19.3 Å². The van der Waals surface area contributed by atoms with Crippen LogP contribution >= 0.6 is 0 Å². The van der Waals surface area contributed by atoms with Gasteiger partial charge in [-0.1, -0.05) is 0 Å². The second-order valence-electron chi connectivity index (χ2n) is 4.17. The monoisotopic (exact) mass is 272 g/mol. The Kier molecular flexibility index (Phi) is 7.40. The van der Waals surface area contributed by atoms with Gasteiger partial charge in [0, 0.05) is 31.8 Å². The second kappa shape index (κ2) is 8.85. The Bertz CT molecular complexity index is 368. The van der Waals surface area contributed by atoms with Crippen molar-refractivity contribution in [3.05, 3.63) is 29.6 Å². The number of halogens is 1. The van der Waals surface area contributed by atoms with Crippen molar-refractivity contribution in [2.45, 2.75) is 19.4 Å². The van der Waals surface area contributed by atoms with E-state index in [2.05, 4.69) is 0 Å². The molecule has 1 N–H and O–H groups in total. The third-order valence-electron chi connectivity index (χ3n) is 2.55. The van der Waals surface area contributed by atoms with Crippen LogP contribution in [0.25, 0.3) is 0 Å². The summed E-state index contributed by atoms with van der Waals surface area (Å²) in [5.74, 6) is 0.00244. The van der Waals surface area contributed by atoms with Crippen molar-refractivity contribution in [3.8, 4) is 5.75 Å². The molecule has 0 radical (unpaired) electrons. The Morgan fingerprint density at radius 2 is 2.00 bits per heavy atom. The van der Waals surface area contributed by atoms with E-state index in [0.29, 0.717) is 44.2 Å². The molecule has 19 heavy (non-hydrogen) atoms. The molecule has 1 rings (SSSR count). The summed E-state index contributed by atoms with van der Waals surface area (Å²) in [4.78, 5) is 0. The summed E-state index contributed by atoms with van der Waals surface area (Å²) in [6.07, 6.45) is 0.00740. The van der Waals surface area contributed by atoms with Crippen molar-refractivity contribution in [1.29, 1.82) is 0 Å². The van der Waals surface area contributed by atoms with E-state index in [9.17, 15) is 9.50 Å². The fraction of sp³-hybridized carbons (Fsp3) is 0.571. The van der Waals surface area contributed by atoms with Crippen molar-refractivity contribution in [1.82, 2.24) is 0 Å². The van der Waals surface area contributed by atoms with E-state index in [4.69, 9.17) is 14.2 Å². The summed E-state index contributed by atoms with van der Waals surface area (Å²) in [5, 5.41) is 9.55. The Morgan fingerprint density at radius 1 is 1.21 bits per heavy atom. The van der Waals surface area contributed by atoms with Crippen LogP contribution in [0.5, 0.6) is 5.75 Å². The fourth-order valence-corrected chi connectivity index (χ4v) is 1.57. The van der Waals surface area contributed by atoms with Crippen molar-refractivity contribution in [2.75, 3.05) is 33.5 Å². The van der Waals surface area contributed by atoms with Gasteiger partial charge in [0.1, 0.15) is 11.6 Å². The van der Waals surface area contributed by atoms with E-state index in [0.717, 1.165) is 0 Å². The van der Waals surface area contributed by atoms with Crippen LogP contribution in [-0.2, 0) is 9.47 Å². The number of rotatable bonds is 9. The van der Waals surface area contributed by atoms with Crippen LogP contribution in [0.15, 0.2) is 18.2 Å². The predicted octanol–water partition coefficient (Wildman–Crippen LogP) is 2.31. The Balaban J connectivity index is 2.34. The molecule has 1 aromatic rings. The first-order chi connectivity index (χ1) is 9.15. The number of aliphatic hydroxyl groups is 1. The Hall–Kier alpha value is -1.17. The van der Waals surface area contributed by atoms with Gasteiger partial charge in [-0.15, -0.1) is 0 Å². The highest BCUT2D eigenvalue weighted by molar-refractivity contribution is 5.35. The first-order valence-corrected chi connectivity index (χ1v) is 6.32. The second-order valence-corrected chi connectivity index (χ2v) is 4.17. The first kappa shape index (κ1) is 15.9. The van der Waals surface area contributed by atoms with Gasteiger partial charge >= 0.3 is 0 Å². The zero-order chi connectivity index (χ0) is 14.1. The minimum Gasteiger partial charge on any atom is -0.493 e. The summed E-state index contributed by atoms with van der Waals surface area (Å²) < 4.78 is 28.7. The van der Waals surface area contributed by atoms with Gasteiger partial charge in [-0.05, 0) is 19.1 Å². The third kappa shape index (κ3) is 6.00. The van der Waals surface area contributed by atoms with Crippen LogP contribution in [0.4, 0.5) is 4.39 Å². The summed E-state index contributed by atoms with van der Waals surface area (Å²) in [6, 6.07) is 4.13. The average Bonchev–Trinajstić information content (AvgIpc) is 2.37. The molecule has 0 saturated carbocycles. The Morgan fingerprint density at radius 3 is 2.68 bits per heavy atom. The fourth-order valence-electron chi connectivity index (χ4n) is 1.57. The van der Waals surface area contributed by atoms with Crippen molar-refractivity contribution in [2.24, 2.45) is 0 Å². The molecule has 5 heteroatoms. The van der Waals surface area contributed by atoms with E-state index in [1.165, 1.54) is 18.2 Å². The zero-order valence-corrected chi connectivity index (χ0v) is 11.4. The highest BCUT2D eigenvalue weighted by Crippen LogP contribution is 2.26. The van der Waals surface area contributed by atoms with Crippen molar-refractivity contribution < 1.29 is 23.7 Å². The maximum atomic E-state index is 13.1. The maximum Gasteiger partial charge on any atom is 0.127 e. The molecule has 0 aliphatic rings. The molecule has 0 saturated heterocycles. The smallest absolute Gasteiger partial charge is 0.127 e. The number of ether oxygens (including phenoxy) is 3. The predicted molar refractivity (Wildman–Crippen MR) is 69.8 cm³/mol. The lowest BCUT2D eigenvalue weighted by Crippen LogP contribution is -2.08.